The van der Waals surface area contributed by atoms with Gasteiger partial charge in [0.1, 0.15) is 6.61 Å². The summed E-state index contributed by atoms with van der Waals surface area (Å²) >= 11 is 0. The van der Waals surface area contributed by atoms with Gasteiger partial charge in [0.2, 0.25) is 0 Å². The topological polar surface area (TPSA) is 47.6 Å². The van der Waals surface area contributed by atoms with Gasteiger partial charge in [0.25, 0.3) is 0 Å². The van der Waals surface area contributed by atoms with Gasteiger partial charge in [-0.25, -0.2) is 4.79 Å². The summed E-state index contributed by atoms with van der Waals surface area (Å²) in [5, 5.41) is 2.76. The Morgan fingerprint density at radius 2 is 1.74 bits per heavy atom. The largest absolute Gasteiger partial charge is 0.444 e. The highest BCUT2D eigenvalue weighted by Crippen LogP contribution is 2.57. The predicted octanol–water partition coefficient (Wildman–Crippen LogP) is 3.80. The molecule has 2 aliphatic rings. The molecule has 2 aromatic carbocycles. The van der Waals surface area contributed by atoms with E-state index in [1.54, 1.807) is 0 Å². The van der Waals surface area contributed by atoms with Gasteiger partial charge in [-0.3, -0.25) is 5.32 Å². The molecule has 1 amide bonds. The van der Waals surface area contributed by atoms with Crippen LogP contribution in [0.2, 0.25) is 0 Å². The van der Waals surface area contributed by atoms with Gasteiger partial charge in [0, 0.05) is 5.69 Å². The van der Waals surface area contributed by atoms with Gasteiger partial charge >= 0.3 is 6.09 Å². The quantitative estimate of drug-likeness (QED) is 0.934. The first kappa shape index (κ1) is 14.3. The summed E-state index contributed by atoms with van der Waals surface area (Å²) in [4.78, 5) is 11.8. The van der Waals surface area contributed by atoms with Crippen molar-refractivity contribution in [2.24, 2.45) is 11.8 Å². The molecule has 1 N–H and O–H groups in total. The van der Waals surface area contributed by atoms with E-state index in [4.69, 9.17) is 9.47 Å². The van der Waals surface area contributed by atoms with Crippen molar-refractivity contribution in [1.29, 1.82) is 0 Å². The lowest BCUT2D eigenvalue weighted by molar-refractivity contribution is 0.155. The fourth-order valence-corrected chi connectivity index (χ4v) is 3.40. The van der Waals surface area contributed by atoms with Crippen LogP contribution in [0, 0.1) is 11.8 Å². The second kappa shape index (κ2) is 6.05. The van der Waals surface area contributed by atoms with Crippen LogP contribution in [0.3, 0.4) is 0 Å². The van der Waals surface area contributed by atoms with E-state index in [0.717, 1.165) is 24.5 Å². The summed E-state index contributed by atoms with van der Waals surface area (Å²) in [7, 11) is 0. The minimum atomic E-state index is -0.432. The van der Waals surface area contributed by atoms with Crippen molar-refractivity contribution in [3.05, 3.63) is 65.7 Å². The first-order chi connectivity index (χ1) is 11.3. The Morgan fingerprint density at radius 3 is 2.43 bits per heavy atom. The highest BCUT2D eigenvalue weighted by atomic mass is 16.5. The third kappa shape index (κ3) is 3.08. The molecule has 0 radical (unpaired) electrons. The van der Waals surface area contributed by atoms with E-state index in [1.807, 2.05) is 42.5 Å². The summed E-state index contributed by atoms with van der Waals surface area (Å²) in [6, 6.07) is 17.7. The molecule has 0 unspecified atom stereocenters. The fraction of sp³-hybridized carbons (Fsp3) is 0.316. The van der Waals surface area contributed by atoms with Gasteiger partial charge in [0.15, 0.2) is 0 Å². The fourth-order valence-electron chi connectivity index (χ4n) is 3.40. The number of benzene rings is 2. The van der Waals surface area contributed by atoms with E-state index < -0.39 is 6.09 Å². The van der Waals surface area contributed by atoms with Crippen molar-refractivity contribution in [2.45, 2.75) is 12.5 Å². The van der Waals surface area contributed by atoms with Gasteiger partial charge in [-0.2, -0.15) is 0 Å². The summed E-state index contributed by atoms with van der Waals surface area (Å²) in [5.41, 5.74) is 3.07. The third-order valence-corrected chi connectivity index (χ3v) is 4.71. The minimum Gasteiger partial charge on any atom is -0.444 e. The van der Waals surface area contributed by atoms with E-state index in [1.165, 1.54) is 5.56 Å². The van der Waals surface area contributed by atoms with Gasteiger partial charge in [-0.1, -0.05) is 42.5 Å². The van der Waals surface area contributed by atoms with Crippen molar-refractivity contribution in [2.75, 3.05) is 18.5 Å². The molecule has 0 aromatic heterocycles. The van der Waals surface area contributed by atoms with E-state index >= 15 is 0 Å². The minimum absolute atomic E-state index is 0.274. The van der Waals surface area contributed by atoms with Gasteiger partial charge in [-0.05, 0) is 41.0 Å². The smallest absolute Gasteiger partial charge is 0.411 e. The van der Waals surface area contributed by atoms with E-state index in [0.29, 0.717) is 17.8 Å². The molecular formula is C19H19NO3. The standard InChI is InChI=1S/C19H19NO3/c21-19(23-10-13-4-2-1-3-5-13)20-15-8-6-14(7-9-15)18-16-11-22-12-17(16)18/h1-9,16-18H,10-12H2,(H,20,21)/t16-,17+,18+. The first-order valence-corrected chi connectivity index (χ1v) is 7.97. The average molecular weight is 309 g/mol. The molecule has 1 aliphatic heterocycles. The maximum atomic E-state index is 11.8. The second-order valence-electron chi connectivity index (χ2n) is 6.20. The highest BCUT2D eigenvalue weighted by molar-refractivity contribution is 5.84. The highest BCUT2D eigenvalue weighted by Gasteiger charge is 2.54. The molecule has 1 aliphatic carbocycles. The Kier molecular flexibility index (Phi) is 3.75. The van der Waals surface area contributed by atoms with Crippen molar-refractivity contribution in [3.8, 4) is 0 Å². The Morgan fingerprint density at radius 1 is 1.04 bits per heavy atom. The molecule has 4 nitrogen and oxygen atoms in total. The lowest BCUT2D eigenvalue weighted by Gasteiger charge is -2.09. The molecule has 118 valence electrons. The van der Waals surface area contributed by atoms with E-state index in [2.05, 4.69) is 17.4 Å². The lowest BCUT2D eigenvalue weighted by atomic mass is 10.1. The van der Waals surface area contributed by atoms with Crippen molar-refractivity contribution < 1.29 is 14.3 Å². The molecule has 4 heteroatoms. The van der Waals surface area contributed by atoms with Crippen molar-refractivity contribution in [3.63, 3.8) is 0 Å². The van der Waals surface area contributed by atoms with Crippen LogP contribution in [0.5, 0.6) is 0 Å². The van der Waals surface area contributed by atoms with Gasteiger partial charge in [0.05, 0.1) is 13.2 Å². The number of amides is 1. The van der Waals surface area contributed by atoms with Crippen LogP contribution < -0.4 is 5.32 Å². The van der Waals surface area contributed by atoms with Crippen LogP contribution in [0.25, 0.3) is 0 Å². The molecule has 2 aromatic rings. The zero-order valence-corrected chi connectivity index (χ0v) is 12.8. The van der Waals surface area contributed by atoms with E-state index in [9.17, 15) is 4.79 Å². The van der Waals surface area contributed by atoms with Gasteiger partial charge in [-0.15, -0.1) is 0 Å². The molecule has 1 saturated carbocycles. The number of nitrogens with one attached hydrogen (secondary N) is 1. The monoisotopic (exact) mass is 309 g/mol. The van der Waals surface area contributed by atoms with Crippen LogP contribution in [0.15, 0.2) is 54.6 Å². The molecule has 23 heavy (non-hydrogen) atoms. The van der Waals surface area contributed by atoms with Crippen LogP contribution in [0.1, 0.15) is 17.0 Å². The maximum Gasteiger partial charge on any atom is 0.411 e. The summed E-state index contributed by atoms with van der Waals surface area (Å²) in [6.45, 7) is 2.05. The summed E-state index contributed by atoms with van der Waals surface area (Å²) < 4.78 is 10.6. The number of rotatable bonds is 4. The predicted molar refractivity (Wildman–Crippen MR) is 87.2 cm³/mol. The Labute approximate surface area is 135 Å². The number of hydrogen-bond donors (Lipinski definition) is 1. The third-order valence-electron chi connectivity index (χ3n) is 4.71. The zero-order chi connectivity index (χ0) is 15.6. The van der Waals surface area contributed by atoms with E-state index in [-0.39, 0.29) is 6.61 Å². The molecule has 1 heterocycles. The molecule has 2 fully saturated rings. The van der Waals surface area contributed by atoms with Crippen LogP contribution in [-0.4, -0.2) is 19.3 Å². The van der Waals surface area contributed by atoms with Crippen LogP contribution in [0.4, 0.5) is 10.5 Å². The Balaban J connectivity index is 1.29. The number of hydrogen-bond acceptors (Lipinski definition) is 3. The number of fused-ring (bicyclic) bond motifs is 1. The number of ether oxygens (including phenoxy) is 2. The number of carbonyl (C=O) groups excluding carboxylic acids is 1. The molecule has 4 rings (SSSR count). The molecule has 0 bridgehead atoms. The second-order valence-corrected chi connectivity index (χ2v) is 6.20. The van der Waals surface area contributed by atoms with Crippen molar-refractivity contribution in [1.82, 2.24) is 0 Å². The average Bonchev–Trinajstić information content (AvgIpc) is 3.06. The molecule has 3 atom stereocenters. The Bertz CT molecular complexity index is 674. The summed E-state index contributed by atoms with van der Waals surface area (Å²) in [6.07, 6.45) is -0.432. The Hall–Kier alpha value is -2.33. The normalized spacial score (nSPS) is 24.8. The number of anilines is 1. The SMILES string of the molecule is O=C(Nc1ccc([C@H]2[C@@H]3COC[C@@H]32)cc1)OCc1ccccc1. The molecule has 0 spiro atoms. The molecular weight excluding hydrogens is 290 g/mol. The lowest BCUT2D eigenvalue weighted by Crippen LogP contribution is -2.13. The van der Waals surface area contributed by atoms with Gasteiger partial charge < -0.3 is 9.47 Å². The zero-order valence-electron chi connectivity index (χ0n) is 12.8. The van der Waals surface area contributed by atoms with Crippen LogP contribution >= 0.6 is 0 Å². The molecule has 1 saturated heterocycles. The first-order valence-electron chi connectivity index (χ1n) is 7.97. The van der Waals surface area contributed by atoms with Crippen molar-refractivity contribution >= 4 is 11.8 Å². The van der Waals surface area contributed by atoms with Crippen LogP contribution in [-0.2, 0) is 16.1 Å². The maximum absolute atomic E-state index is 11.8. The number of carbonyl (C=O) groups is 1. The summed E-state index contributed by atoms with van der Waals surface area (Å²) in [5.74, 6) is 2.04.